The average Bonchev–Trinajstić information content (AvgIpc) is 2.31. The van der Waals surface area contributed by atoms with Crippen LogP contribution in [0.4, 0.5) is 0 Å². The molecule has 3 nitrogen and oxygen atoms in total. The Morgan fingerprint density at radius 2 is 2.18 bits per heavy atom. The van der Waals surface area contributed by atoms with Crippen molar-refractivity contribution in [3.8, 4) is 0 Å². The minimum atomic E-state index is 0.921. The molecule has 0 aliphatic rings. The SMILES string of the molecule is CC/C=C/c1nnc(C)n1C. The van der Waals surface area contributed by atoms with Gasteiger partial charge in [0.15, 0.2) is 5.82 Å². The molecule has 0 aliphatic carbocycles. The van der Waals surface area contributed by atoms with Crippen LogP contribution in [0.3, 0.4) is 0 Å². The molecule has 3 heteroatoms. The third-order valence-corrected chi connectivity index (χ3v) is 1.63. The van der Waals surface area contributed by atoms with E-state index in [0.29, 0.717) is 0 Å². The molecule has 1 aromatic rings. The van der Waals surface area contributed by atoms with Gasteiger partial charge in [-0.1, -0.05) is 13.0 Å². The van der Waals surface area contributed by atoms with Crippen molar-refractivity contribution in [3.63, 3.8) is 0 Å². The average molecular weight is 151 g/mol. The van der Waals surface area contributed by atoms with Crippen LogP contribution in [0.25, 0.3) is 6.08 Å². The van der Waals surface area contributed by atoms with E-state index in [-0.39, 0.29) is 0 Å². The molecule has 1 rings (SSSR count). The lowest BCUT2D eigenvalue weighted by molar-refractivity contribution is 0.848. The maximum atomic E-state index is 3.98. The molecule has 11 heavy (non-hydrogen) atoms. The number of hydrogen-bond acceptors (Lipinski definition) is 2. The second kappa shape index (κ2) is 3.32. The monoisotopic (exact) mass is 151 g/mol. The van der Waals surface area contributed by atoms with Crippen molar-refractivity contribution in [2.24, 2.45) is 7.05 Å². The highest BCUT2D eigenvalue weighted by molar-refractivity contribution is 5.39. The first-order valence-corrected chi connectivity index (χ1v) is 3.78. The maximum absolute atomic E-state index is 3.98. The van der Waals surface area contributed by atoms with E-state index in [9.17, 15) is 0 Å². The first kappa shape index (κ1) is 7.98. The van der Waals surface area contributed by atoms with E-state index >= 15 is 0 Å². The number of aryl methyl sites for hydroxylation is 1. The van der Waals surface area contributed by atoms with Crippen LogP contribution < -0.4 is 0 Å². The second-order valence-corrected chi connectivity index (χ2v) is 2.48. The molecule has 0 saturated heterocycles. The standard InChI is InChI=1S/C8H13N3/c1-4-5-6-8-10-9-7(2)11(8)3/h5-6H,4H2,1-3H3/b6-5+. The summed E-state index contributed by atoms with van der Waals surface area (Å²) < 4.78 is 1.96. The molecule has 60 valence electrons. The number of allylic oxidation sites excluding steroid dienone is 1. The zero-order chi connectivity index (χ0) is 8.27. The largest absolute Gasteiger partial charge is 0.315 e. The van der Waals surface area contributed by atoms with Crippen LogP contribution in [-0.2, 0) is 7.05 Å². The van der Waals surface area contributed by atoms with Crippen molar-refractivity contribution in [1.82, 2.24) is 14.8 Å². The van der Waals surface area contributed by atoms with E-state index in [0.717, 1.165) is 18.1 Å². The quantitative estimate of drug-likeness (QED) is 0.642. The van der Waals surface area contributed by atoms with Gasteiger partial charge in [-0.3, -0.25) is 0 Å². The van der Waals surface area contributed by atoms with Gasteiger partial charge in [0.05, 0.1) is 0 Å². The van der Waals surface area contributed by atoms with E-state index in [4.69, 9.17) is 0 Å². The number of aromatic nitrogens is 3. The highest BCUT2D eigenvalue weighted by Crippen LogP contribution is 1.99. The van der Waals surface area contributed by atoms with Crippen molar-refractivity contribution >= 4 is 6.08 Å². The van der Waals surface area contributed by atoms with E-state index < -0.39 is 0 Å². The Balaban J connectivity index is 2.87. The third-order valence-electron chi connectivity index (χ3n) is 1.63. The maximum Gasteiger partial charge on any atom is 0.156 e. The molecule has 0 radical (unpaired) electrons. The summed E-state index contributed by atoms with van der Waals surface area (Å²) in [5.41, 5.74) is 0. The number of hydrogen-bond donors (Lipinski definition) is 0. The molecule has 0 atom stereocenters. The summed E-state index contributed by atoms with van der Waals surface area (Å²) in [6, 6.07) is 0. The number of nitrogens with zero attached hydrogens (tertiary/aromatic N) is 3. The second-order valence-electron chi connectivity index (χ2n) is 2.48. The third kappa shape index (κ3) is 1.67. The molecule has 0 bridgehead atoms. The van der Waals surface area contributed by atoms with Gasteiger partial charge in [0.1, 0.15) is 5.82 Å². The molecule has 0 N–H and O–H groups in total. The Morgan fingerprint density at radius 3 is 2.64 bits per heavy atom. The smallest absolute Gasteiger partial charge is 0.156 e. The summed E-state index contributed by atoms with van der Waals surface area (Å²) >= 11 is 0. The van der Waals surface area contributed by atoms with Gasteiger partial charge in [0.25, 0.3) is 0 Å². The number of rotatable bonds is 2. The first-order valence-electron chi connectivity index (χ1n) is 3.78. The molecule has 0 spiro atoms. The van der Waals surface area contributed by atoms with Crippen LogP contribution >= 0.6 is 0 Å². The summed E-state index contributed by atoms with van der Waals surface area (Å²) in [6.07, 6.45) is 5.09. The van der Waals surface area contributed by atoms with Crippen LogP contribution in [0.2, 0.25) is 0 Å². The van der Waals surface area contributed by atoms with Gasteiger partial charge in [0.2, 0.25) is 0 Å². The fourth-order valence-corrected chi connectivity index (χ4v) is 0.792. The van der Waals surface area contributed by atoms with Crippen LogP contribution in [0, 0.1) is 6.92 Å². The Bertz CT molecular complexity index is 260. The van der Waals surface area contributed by atoms with E-state index in [1.54, 1.807) is 0 Å². The predicted octanol–water partition coefficient (Wildman–Crippen LogP) is 1.55. The molecular formula is C8H13N3. The molecule has 0 fully saturated rings. The molecule has 1 aromatic heterocycles. The fourth-order valence-electron chi connectivity index (χ4n) is 0.792. The fraction of sp³-hybridized carbons (Fsp3) is 0.500. The van der Waals surface area contributed by atoms with Gasteiger partial charge in [-0.25, -0.2) is 0 Å². The van der Waals surface area contributed by atoms with Gasteiger partial charge >= 0.3 is 0 Å². The van der Waals surface area contributed by atoms with Crippen molar-refractivity contribution in [2.75, 3.05) is 0 Å². The van der Waals surface area contributed by atoms with Gasteiger partial charge in [-0.15, -0.1) is 10.2 Å². The lowest BCUT2D eigenvalue weighted by Crippen LogP contribution is -1.93. The Morgan fingerprint density at radius 1 is 1.45 bits per heavy atom. The Kier molecular flexibility index (Phi) is 2.41. The van der Waals surface area contributed by atoms with Gasteiger partial charge in [0, 0.05) is 7.05 Å². The van der Waals surface area contributed by atoms with Gasteiger partial charge in [-0.05, 0) is 19.4 Å². The lowest BCUT2D eigenvalue weighted by Gasteiger charge is -1.93. The summed E-state index contributed by atoms with van der Waals surface area (Å²) in [6.45, 7) is 4.04. The molecular weight excluding hydrogens is 138 g/mol. The molecule has 0 amide bonds. The minimum Gasteiger partial charge on any atom is -0.315 e. The van der Waals surface area contributed by atoms with Gasteiger partial charge < -0.3 is 4.57 Å². The molecule has 0 aromatic carbocycles. The Hall–Kier alpha value is -1.12. The summed E-state index contributed by atoms with van der Waals surface area (Å²) in [4.78, 5) is 0. The minimum absolute atomic E-state index is 0.921. The van der Waals surface area contributed by atoms with E-state index in [2.05, 4.69) is 23.2 Å². The summed E-state index contributed by atoms with van der Waals surface area (Å²) in [7, 11) is 1.96. The molecule has 0 saturated carbocycles. The Labute approximate surface area is 66.8 Å². The van der Waals surface area contributed by atoms with E-state index in [1.807, 2.05) is 24.6 Å². The van der Waals surface area contributed by atoms with Crippen molar-refractivity contribution in [2.45, 2.75) is 20.3 Å². The summed E-state index contributed by atoms with van der Waals surface area (Å²) in [5, 5.41) is 7.91. The van der Waals surface area contributed by atoms with Crippen molar-refractivity contribution < 1.29 is 0 Å². The summed E-state index contributed by atoms with van der Waals surface area (Å²) in [5.74, 6) is 1.87. The zero-order valence-electron chi connectivity index (χ0n) is 7.20. The zero-order valence-corrected chi connectivity index (χ0v) is 7.20. The predicted molar refractivity (Wildman–Crippen MR) is 45.1 cm³/mol. The normalized spacial score (nSPS) is 11.2. The lowest BCUT2D eigenvalue weighted by atomic mass is 10.4. The first-order chi connectivity index (χ1) is 5.25. The highest BCUT2D eigenvalue weighted by Gasteiger charge is 1.98. The van der Waals surface area contributed by atoms with Crippen LogP contribution in [-0.4, -0.2) is 14.8 Å². The van der Waals surface area contributed by atoms with Crippen LogP contribution in [0.1, 0.15) is 25.0 Å². The van der Waals surface area contributed by atoms with E-state index in [1.165, 1.54) is 0 Å². The van der Waals surface area contributed by atoms with Gasteiger partial charge in [-0.2, -0.15) is 0 Å². The van der Waals surface area contributed by atoms with Crippen LogP contribution in [0.15, 0.2) is 6.08 Å². The molecule has 0 aliphatic heterocycles. The van der Waals surface area contributed by atoms with Crippen molar-refractivity contribution in [3.05, 3.63) is 17.7 Å². The molecule has 1 heterocycles. The van der Waals surface area contributed by atoms with Crippen LogP contribution in [0.5, 0.6) is 0 Å². The highest BCUT2D eigenvalue weighted by atomic mass is 15.3. The van der Waals surface area contributed by atoms with Crippen molar-refractivity contribution in [1.29, 1.82) is 0 Å². The molecule has 0 unspecified atom stereocenters. The topological polar surface area (TPSA) is 30.7 Å².